The van der Waals surface area contributed by atoms with Crippen molar-refractivity contribution < 1.29 is 41.7 Å². The van der Waals surface area contributed by atoms with E-state index < -0.39 is 52.6 Å². The van der Waals surface area contributed by atoms with Crippen LogP contribution in [-0.4, -0.2) is 40.7 Å². The van der Waals surface area contributed by atoms with Crippen LogP contribution in [-0.2, 0) is 27.5 Å². The predicted octanol–water partition coefficient (Wildman–Crippen LogP) is 9.68. The molecule has 1 aliphatic rings. The van der Waals surface area contributed by atoms with E-state index in [0.29, 0.717) is 11.1 Å². The van der Waals surface area contributed by atoms with E-state index in [2.05, 4.69) is 25.5 Å². The predicted molar refractivity (Wildman–Crippen MR) is 189 cm³/mol. The molecule has 0 aromatic heterocycles. The number of ether oxygens (including phenoxy) is 1. The Labute approximate surface area is 296 Å². The lowest BCUT2D eigenvalue weighted by atomic mass is 9.79. The molecule has 0 bridgehead atoms. The van der Waals surface area contributed by atoms with Crippen LogP contribution in [0.2, 0.25) is 0 Å². The van der Waals surface area contributed by atoms with Crippen LogP contribution in [0.4, 0.5) is 22.0 Å². The minimum absolute atomic E-state index is 0.0855. The summed E-state index contributed by atoms with van der Waals surface area (Å²) in [6, 6.07) is 6.51. The number of carbonyl (C=O) groups is 1. The van der Waals surface area contributed by atoms with Crippen molar-refractivity contribution >= 4 is 18.4 Å². The third-order valence-corrected chi connectivity index (χ3v) is 9.06. The molecule has 11 heteroatoms. The van der Waals surface area contributed by atoms with Crippen LogP contribution in [0.3, 0.4) is 0 Å². The molecule has 1 fully saturated rings. The highest BCUT2D eigenvalue weighted by atomic mass is 19.2. The maximum Gasteiger partial charge on any atom is 0.315 e. The number of aromatic hydroxyl groups is 2. The molecule has 0 unspecified atom stereocenters. The van der Waals surface area contributed by atoms with Crippen LogP contribution in [0.5, 0.6) is 17.2 Å². The first kappa shape index (κ1) is 39.5. The molecule has 6 nitrogen and oxygen atoms in total. The van der Waals surface area contributed by atoms with Gasteiger partial charge in [0.15, 0.2) is 0 Å². The van der Waals surface area contributed by atoms with Crippen LogP contribution in [0.1, 0.15) is 121 Å². The third kappa shape index (κ3) is 8.97. The van der Waals surface area contributed by atoms with E-state index in [1.54, 1.807) is 6.21 Å². The van der Waals surface area contributed by atoms with Crippen LogP contribution in [0, 0.1) is 29.1 Å². The Balaban J connectivity index is 1.65. The molecule has 2 atom stereocenters. The zero-order valence-electron chi connectivity index (χ0n) is 30.6. The van der Waals surface area contributed by atoms with Gasteiger partial charge in [-0.25, -0.2) is 13.2 Å². The number of phenols is 2. The monoisotopic (exact) mass is 714 g/mol. The molecule has 0 heterocycles. The van der Waals surface area contributed by atoms with Crippen molar-refractivity contribution in [2.75, 3.05) is 0 Å². The van der Waals surface area contributed by atoms with Gasteiger partial charge in [0.1, 0.15) is 11.5 Å². The molecule has 276 valence electrons. The smallest absolute Gasteiger partial charge is 0.315 e. The van der Waals surface area contributed by atoms with Gasteiger partial charge in [-0.15, -0.1) is 0 Å². The first-order chi connectivity index (χ1) is 23.5. The van der Waals surface area contributed by atoms with Crippen molar-refractivity contribution in [1.29, 1.82) is 0 Å². The molecule has 3 aromatic rings. The van der Waals surface area contributed by atoms with Crippen molar-refractivity contribution in [3.63, 3.8) is 0 Å². The minimum Gasteiger partial charge on any atom is -0.507 e. The van der Waals surface area contributed by atoms with Crippen molar-refractivity contribution in [3.8, 4) is 17.2 Å². The number of esters is 1. The zero-order valence-corrected chi connectivity index (χ0v) is 30.6. The van der Waals surface area contributed by atoms with E-state index in [1.165, 1.54) is 18.3 Å². The molecule has 0 radical (unpaired) electrons. The normalized spacial score (nSPS) is 17.5. The largest absolute Gasteiger partial charge is 0.507 e. The number of aliphatic imine (C=N–C) groups is 2. The minimum atomic E-state index is -2.37. The molecule has 4 rings (SSSR count). The number of nitrogens with zero attached hydrogens (tertiary/aromatic N) is 2. The molecule has 0 saturated heterocycles. The SMILES string of the molecule is CC(C)(C)c1cc(C=N[C@H]2CCCC[C@@H]2N=Cc2cc(CC(=O)Oc3c(F)c(F)c(F)c(F)c3F)cc(C(C)(C)C)c2O)c(O)c(C(C)(C)C)c1. The van der Waals surface area contributed by atoms with Crippen LogP contribution < -0.4 is 4.74 Å². The maximum atomic E-state index is 14.2. The van der Waals surface area contributed by atoms with Gasteiger partial charge in [0.25, 0.3) is 0 Å². The van der Waals surface area contributed by atoms with E-state index in [-0.39, 0.29) is 45.5 Å². The molecule has 1 saturated carbocycles. The number of hydrogen-bond donors (Lipinski definition) is 2. The van der Waals surface area contributed by atoms with Gasteiger partial charge in [-0.05, 0) is 52.3 Å². The molecular weight excluding hydrogens is 667 g/mol. The number of benzene rings is 3. The number of halogens is 5. The molecule has 3 aromatic carbocycles. The third-order valence-electron chi connectivity index (χ3n) is 9.06. The van der Waals surface area contributed by atoms with E-state index in [4.69, 9.17) is 9.98 Å². The lowest BCUT2D eigenvalue weighted by molar-refractivity contribution is -0.134. The Hall–Kier alpha value is -4.28. The van der Waals surface area contributed by atoms with Gasteiger partial charge in [0, 0.05) is 34.7 Å². The summed E-state index contributed by atoms with van der Waals surface area (Å²) in [5.41, 5.74) is 2.41. The Morgan fingerprint density at radius 2 is 1.12 bits per heavy atom. The second kappa shape index (κ2) is 14.8. The summed E-state index contributed by atoms with van der Waals surface area (Å²) < 4.78 is 73.8. The summed E-state index contributed by atoms with van der Waals surface area (Å²) in [6.07, 6.45) is 5.94. The molecule has 51 heavy (non-hydrogen) atoms. The summed E-state index contributed by atoms with van der Waals surface area (Å²) in [7, 11) is 0. The van der Waals surface area contributed by atoms with Crippen LogP contribution >= 0.6 is 0 Å². The topological polar surface area (TPSA) is 91.5 Å². The zero-order chi connectivity index (χ0) is 38.2. The number of hydrogen-bond acceptors (Lipinski definition) is 6. The Kier molecular flexibility index (Phi) is 11.4. The molecule has 2 N–H and O–H groups in total. The first-order valence-corrected chi connectivity index (χ1v) is 17.0. The van der Waals surface area contributed by atoms with Crippen molar-refractivity contribution in [2.45, 2.75) is 123 Å². The highest BCUT2D eigenvalue weighted by Gasteiger charge is 2.30. The lowest BCUT2D eigenvalue weighted by Crippen LogP contribution is -2.27. The molecule has 1 aliphatic carbocycles. The van der Waals surface area contributed by atoms with Gasteiger partial charge in [0.05, 0.1) is 18.5 Å². The van der Waals surface area contributed by atoms with E-state index in [9.17, 15) is 37.0 Å². The quantitative estimate of drug-likeness (QED) is 0.0637. The average Bonchev–Trinajstić information content (AvgIpc) is 3.03. The number of rotatable bonds is 7. The fourth-order valence-corrected chi connectivity index (χ4v) is 6.03. The summed E-state index contributed by atoms with van der Waals surface area (Å²) in [5, 5.41) is 22.5. The van der Waals surface area contributed by atoms with Crippen molar-refractivity contribution in [2.24, 2.45) is 9.98 Å². The molecule has 0 spiro atoms. The van der Waals surface area contributed by atoms with Gasteiger partial charge >= 0.3 is 5.97 Å². The fourth-order valence-electron chi connectivity index (χ4n) is 6.03. The second-order valence-electron chi connectivity index (χ2n) is 16.3. The Morgan fingerprint density at radius 1 is 0.686 bits per heavy atom. The number of carbonyl (C=O) groups excluding carboxylic acids is 1. The first-order valence-electron chi connectivity index (χ1n) is 17.0. The number of phenolic OH excluding ortho intramolecular Hbond substituents is 2. The summed E-state index contributed by atoms with van der Waals surface area (Å²) in [4.78, 5) is 22.5. The average molecular weight is 715 g/mol. The van der Waals surface area contributed by atoms with Gasteiger partial charge in [0.2, 0.25) is 34.8 Å². The molecule has 0 aliphatic heterocycles. The highest BCUT2D eigenvalue weighted by molar-refractivity contribution is 5.87. The van der Waals surface area contributed by atoms with Crippen LogP contribution in [0.15, 0.2) is 34.3 Å². The van der Waals surface area contributed by atoms with E-state index in [0.717, 1.165) is 36.8 Å². The van der Waals surface area contributed by atoms with Gasteiger partial charge in [-0.2, -0.15) is 8.78 Å². The lowest BCUT2D eigenvalue weighted by Gasteiger charge is -2.28. The fraction of sp³-hybridized carbons (Fsp3) is 0.475. The van der Waals surface area contributed by atoms with E-state index >= 15 is 0 Å². The summed E-state index contributed by atoms with van der Waals surface area (Å²) in [5.74, 6) is -14.2. The standard InChI is InChI=1S/C40H47F5N2O4/c1-38(2,3)24-17-23(36(50)26(18-24)40(7,8)9)20-47-28-13-11-10-12-27(28)46-19-22-14-21(15-25(35(22)49)39(4,5)6)16-29(48)51-37-33(44)31(42)30(41)32(43)34(37)45/h14-15,17-20,27-28,49-50H,10-13,16H2,1-9H3/t27-,28-/m0/s1. The van der Waals surface area contributed by atoms with Crippen molar-refractivity contribution in [1.82, 2.24) is 0 Å². The molecular formula is C40H47F5N2O4. The Bertz CT molecular complexity index is 1840. The molecule has 0 amide bonds. The van der Waals surface area contributed by atoms with Gasteiger partial charge in [-0.1, -0.05) is 87.3 Å². The van der Waals surface area contributed by atoms with Gasteiger partial charge < -0.3 is 14.9 Å². The summed E-state index contributed by atoms with van der Waals surface area (Å²) >= 11 is 0. The van der Waals surface area contributed by atoms with Crippen LogP contribution in [0.25, 0.3) is 0 Å². The highest BCUT2D eigenvalue weighted by Crippen LogP contribution is 2.38. The maximum absolute atomic E-state index is 14.2. The summed E-state index contributed by atoms with van der Waals surface area (Å²) in [6.45, 7) is 18.0. The van der Waals surface area contributed by atoms with E-state index in [1.807, 2.05) is 53.7 Å². The van der Waals surface area contributed by atoms with Crippen molar-refractivity contribution in [3.05, 3.63) is 86.7 Å². The van der Waals surface area contributed by atoms with Gasteiger partial charge in [-0.3, -0.25) is 14.8 Å². The Morgan fingerprint density at radius 3 is 1.57 bits per heavy atom. The second-order valence-corrected chi connectivity index (χ2v) is 16.3.